The molecule has 0 saturated carbocycles. The number of nitrogens with zero attached hydrogens (tertiary/aromatic N) is 1. The molecule has 0 aliphatic heterocycles. The first-order valence-electron chi connectivity index (χ1n) is 7.14. The quantitative estimate of drug-likeness (QED) is 0.880. The van der Waals surface area contributed by atoms with Crippen molar-refractivity contribution in [2.45, 2.75) is 32.9 Å². The van der Waals surface area contributed by atoms with Gasteiger partial charge >= 0.3 is 0 Å². The zero-order valence-corrected chi connectivity index (χ0v) is 12.6. The number of fused-ring (bicyclic) bond motifs is 1. The van der Waals surface area contributed by atoms with Crippen LogP contribution in [-0.2, 0) is 6.54 Å². The highest BCUT2D eigenvalue weighted by molar-refractivity contribution is 5.96. The molecule has 0 atom stereocenters. The molecule has 0 aliphatic carbocycles. The Morgan fingerprint density at radius 1 is 1.10 bits per heavy atom. The highest BCUT2D eigenvalue weighted by Crippen LogP contribution is 2.30. The van der Waals surface area contributed by atoms with Crippen molar-refractivity contribution in [3.8, 4) is 0 Å². The van der Waals surface area contributed by atoms with Crippen LogP contribution in [0.15, 0.2) is 36.4 Å². The summed E-state index contributed by atoms with van der Waals surface area (Å²) in [7, 11) is 0. The molecule has 3 heteroatoms. The lowest BCUT2D eigenvalue weighted by molar-refractivity contribution is 0.0876. The van der Waals surface area contributed by atoms with E-state index in [2.05, 4.69) is 36.1 Å². The molecule has 0 radical (unpaired) electrons. The van der Waals surface area contributed by atoms with E-state index in [1.807, 2.05) is 26.0 Å². The van der Waals surface area contributed by atoms with Crippen LogP contribution in [0.1, 0.15) is 26.3 Å². The van der Waals surface area contributed by atoms with Gasteiger partial charge in [0.15, 0.2) is 0 Å². The summed E-state index contributed by atoms with van der Waals surface area (Å²) in [5, 5.41) is 12.5. The Morgan fingerprint density at radius 3 is 2.30 bits per heavy atom. The largest absolute Gasteiger partial charge is 0.389 e. The van der Waals surface area contributed by atoms with Crippen molar-refractivity contribution in [2.24, 2.45) is 5.73 Å². The van der Waals surface area contributed by atoms with Crippen molar-refractivity contribution in [2.75, 3.05) is 18.0 Å². The Morgan fingerprint density at radius 2 is 1.75 bits per heavy atom. The van der Waals surface area contributed by atoms with Gasteiger partial charge in [-0.2, -0.15) is 0 Å². The van der Waals surface area contributed by atoms with Gasteiger partial charge in [-0.25, -0.2) is 0 Å². The Bertz CT molecular complexity index is 587. The van der Waals surface area contributed by atoms with Gasteiger partial charge < -0.3 is 15.7 Å². The third kappa shape index (κ3) is 3.11. The lowest BCUT2D eigenvalue weighted by atomic mass is 10.0. The van der Waals surface area contributed by atoms with E-state index in [0.29, 0.717) is 13.1 Å². The second-order valence-corrected chi connectivity index (χ2v) is 5.82. The molecule has 108 valence electrons. The molecule has 3 nitrogen and oxygen atoms in total. The lowest BCUT2D eigenvalue weighted by Gasteiger charge is -2.31. The summed E-state index contributed by atoms with van der Waals surface area (Å²) in [5.41, 5.74) is 7.42. The summed E-state index contributed by atoms with van der Waals surface area (Å²) in [6, 6.07) is 12.5. The second kappa shape index (κ2) is 5.81. The zero-order valence-electron chi connectivity index (χ0n) is 12.6. The van der Waals surface area contributed by atoms with Gasteiger partial charge in [-0.3, -0.25) is 0 Å². The number of benzene rings is 2. The minimum absolute atomic E-state index is 0.540. The third-order valence-electron chi connectivity index (χ3n) is 3.51. The van der Waals surface area contributed by atoms with Crippen molar-refractivity contribution in [3.05, 3.63) is 42.0 Å². The Kier molecular flexibility index (Phi) is 4.31. The van der Waals surface area contributed by atoms with Crippen LogP contribution in [-0.4, -0.2) is 23.8 Å². The van der Waals surface area contributed by atoms with Gasteiger partial charge in [-0.15, -0.1) is 0 Å². The van der Waals surface area contributed by atoms with Gasteiger partial charge in [-0.05, 0) is 37.8 Å². The Balaban J connectivity index is 2.53. The molecule has 0 spiro atoms. The van der Waals surface area contributed by atoms with Crippen molar-refractivity contribution in [1.82, 2.24) is 0 Å². The van der Waals surface area contributed by atoms with Crippen LogP contribution in [0.3, 0.4) is 0 Å². The molecular weight excluding hydrogens is 248 g/mol. The van der Waals surface area contributed by atoms with Crippen molar-refractivity contribution >= 4 is 16.5 Å². The monoisotopic (exact) mass is 272 g/mol. The SMILES string of the molecule is CCN(CC(C)(C)O)c1ccc(CN)c2ccccc12. The van der Waals surface area contributed by atoms with Crippen LogP contribution in [0.25, 0.3) is 10.8 Å². The van der Waals surface area contributed by atoms with Crippen LogP contribution >= 0.6 is 0 Å². The molecule has 2 aromatic rings. The molecule has 2 rings (SSSR count). The van der Waals surface area contributed by atoms with E-state index in [1.165, 1.54) is 10.8 Å². The van der Waals surface area contributed by atoms with Crippen LogP contribution < -0.4 is 10.6 Å². The first-order chi connectivity index (χ1) is 9.46. The molecule has 0 amide bonds. The minimum atomic E-state index is -0.719. The van der Waals surface area contributed by atoms with Gasteiger partial charge in [0.25, 0.3) is 0 Å². The zero-order chi connectivity index (χ0) is 14.8. The fraction of sp³-hybridized carbons (Fsp3) is 0.412. The normalized spacial score (nSPS) is 11.8. The summed E-state index contributed by atoms with van der Waals surface area (Å²) in [6.07, 6.45) is 0. The van der Waals surface area contributed by atoms with Gasteiger partial charge in [0.1, 0.15) is 0 Å². The fourth-order valence-corrected chi connectivity index (χ4v) is 2.63. The van der Waals surface area contributed by atoms with E-state index in [1.54, 1.807) is 0 Å². The van der Waals surface area contributed by atoms with Crippen molar-refractivity contribution in [3.63, 3.8) is 0 Å². The van der Waals surface area contributed by atoms with Gasteiger partial charge in [-0.1, -0.05) is 30.3 Å². The van der Waals surface area contributed by atoms with E-state index in [0.717, 1.165) is 17.8 Å². The fourth-order valence-electron chi connectivity index (χ4n) is 2.63. The molecule has 2 aromatic carbocycles. The average Bonchev–Trinajstić information content (AvgIpc) is 2.42. The van der Waals surface area contributed by atoms with Crippen LogP contribution in [0, 0.1) is 0 Å². The van der Waals surface area contributed by atoms with E-state index in [-0.39, 0.29) is 0 Å². The standard InChI is InChI=1S/C17H24N2O/c1-4-19(12-17(2,3)20)16-10-9-13(11-18)14-7-5-6-8-15(14)16/h5-10,20H,4,11-12,18H2,1-3H3. The maximum absolute atomic E-state index is 10.1. The van der Waals surface area contributed by atoms with Gasteiger partial charge in [0, 0.05) is 30.7 Å². The number of hydrogen-bond donors (Lipinski definition) is 2. The Labute approximate surface area is 121 Å². The summed E-state index contributed by atoms with van der Waals surface area (Å²) in [5.74, 6) is 0. The number of rotatable bonds is 5. The third-order valence-corrected chi connectivity index (χ3v) is 3.51. The van der Waals surface area contributed by atoms with Gasteiger partial charge in [0.05, 0.1) is 5.60 Å². The van der Waals surface area contributed by atoms with E-state index in [9.17, 15) is 5.11 Å². The summed E-state index contributed by atoms with van der Waals surface area (Å²) < 4.78 is 0. The van der Waals surface area contributed by atoms with E-state index < -0.39 is 5.60 Å². The topological polar surface area (TPSA) is 49.5 Å². The molecule has 0 bridgehead atoms. The molecular formula is C17H24N2O. The molecule has 0 unspecified atom stereocenters. The number of nitrogens with two attached hydrogens (primary N) is 1. The maximum Gasteiger partial charge on any atom is 0.0765 e. The van der Waals surface area contributed by atoms with Crippen LogP contribution in [0.2, 0.25) is 0 Å². The predicted octanol–water partition coefficient (Wildman–Crippen LogP) is 2.90. The number of anilines is 1. The highest BCUT2D eigenvalue weighted by atomic mass is 16.3. The average molecular weight is 272 g/mol. The smallest absolute Gasteiger partial charge is 0.0765 e. The van der Waals surface area contributed by atoms with Gasteiger partial charge in [0.2, 0.25) is 0 Å². The maximum atomic E-state index is 10.1. The van der Waals surface area contributed by atoms with Crippen LogP contribution in [0.5, 0.6) is 0 Å². The second-order valence-electron chi connectivity index (χ2n) is 5.82. The van der Waals surface area contributed by atoms with Crippen LogP contribution in [0.4, 0.5) is 5.69 Å². The van der Waals surface area contributed by atoms with Crippen molar-refractivity contribution in [1.29, 1.82) is 0 Å². The highest BCUT2D eigenvalue weighted by Gasteiger charge is 2.19. The molecule has 0 aromatic heterocycles. The number of likely N-dealkylation sites (N-methyl/N-ethyl adjacent to an activating group) is 1. The molecule has 20 heavy (non-hydrogen) atoms. The molecule has 0 saturated heterocycles. The van der Waals surface area contributed by atoms with E-state index in [4.69, 9.17) is 5.73 Å². The molecule has 0 aliphatic rings. The first kappa shape index (κ1) is 14.8. The number of aliphatic hydroxyl groups is 1. The minimum Gasteiger partial charge on any atom is -0.389 e. The van der Waals surface area contributed by atoms with Crippen molar-refractivity contribution < 1.29 is 5.11 Å². The molecule has 0 fully saturated rings. The molecule has 3 N–H and O–H groups in total. The summed E-state index contributed by atoms with van der Waals surface area (Å²) in [4.78, 5) is 2.21. The first-order valence-corrected chi connectivity index (χ1v) is 7.14. The summed E-state index contributed by atoms with van der Waals surface area (Å²) >= 11 is 0. The van der Waals surface area contributed by atoms with E-state index >= 15 is 0 Å². The lowest BCUT2D eigenvalue weighted by Crippen LogP contribution is -2.38. The Hall–Kier alpha value is -1.58. The molecule has 0 heterocycles. The summed E-state index contributed by atoms with van der Waals surface area (Å²) in [6.45, 7) is 7.79. The number of hydrogen-bond acceptors (Lipinski definition) is 3. The predicted molar refractivity (Wildman–Crippen MR) is 86.0 cm³/mol.